The van der Waals surface area contributed by atoms with Crippen LogP contribution in [0.4, 0.5) is 15.2 Å². The summed E-state index contributed by atoms with van der Waals surface area (Å²) < 4.78 is 18.4. The standard InChI is InChI=1S/C13H10FN3O2S/c1-7-11(12(18)19-2)20-13(16-7)17-10-4-3-8(6-15)5-9(10)14/h3-5H,1-2H3,(H,16,17). The third-order valence-corrected chi connectivity index (χ3v) is 3.56. The van der Waals surface area contributed by atoms with Crippen LogP contribution in [0.15, 0.2) is 18.2 Å². The van der Waals surface area contributed by atoms with Crippen molar-refractivity contribution in [3.8, 4) is 6.07 Å². The van der Waals surface area contributed by atoms with Crippen LogP contribution in [0.25, 0.3) is 0 Å². The van der Waals surface area contributed by atoms with Gasteiger partial charge in [0.1, 0.15) is 10.7 Å². The van der Waals surface area contributed by atoms with Crippen LogP contribution in [0.2, 0.25) is 0 Å². The van der Waals surface area contributed by atoms with Gasteiger partial charge in [0.05, 0.1) is 30.1 Å². The number of thiazole rings is 1. The van der Waals surface area contributed by atoms with Crippen LogP contribution in [0.5, 0.6) is 0 Å². The number of ether oxygens (including phenoxy) is 1. The predicted molar refractivity (Wildman–Crippen MR) is 72.6 cm³/mol. The van der Waals surface area contributed by atoms with E-state index < -0.39 is 11.8 Å². The molecule has 2 aromatic rings. The van der Waals surface area contributed by atoms with Gasteiger partial charge in [-0.3, -0.25) is 0 Å². The molecular weight excluding hydrogens is 281 g/mol. The summed E-state index contributed by atoms with van der Waals surface area (Å²) in [5.74, 6) is -1.04. The summed E-state index contributed by atoms with van der Waals surface area (Å²) in [6.07, 6.45) is 0. The summed E-state index contributed by atoms with van der Waals surface area (Å²) in [6.45, 7) is 1.67. The van der Waals surface area contributed by atoms with Crippen LogP contribution in [0.3, 0.4) is 0 Å². The van der Waals surface area contributed by atoms with Gasteiger partial charge in [-0.1, -0.05) is 11.3 Å². The Bertz CT molecular complexity index is 706. The normalized spacial score (nSPS) is 9.90. The van der Waals surface area contributed by atoms with E-state index in [1.807, 2.05) is 6.07 Å². The number of halogens is 1. The highest BCUT2D eigenvalue weighted by molar-refractivity contribution is 7.17. The zero-order valence-corrected chi connectivity index (χ0v) is 11.5. The molecule has 0 aliphatic rings. The van der Waals surface area contributed by atoms with Crippen LogP contribution in [0.1, 0.15) is 20.9 Å². The van der Waals surface area contributed by atoms with Crippen molar-refractivity contribution in [2.24, 2.45) is 0 Å². The lowest BCUT2D eigenvalue weighted by atomic mass is 10.2. The number of hydrogen-bond donors (Lipinski definition) is 1. The molecule has 1 aromatic carbocycles. The van der Waals surface area contributed by atoms with E-state index in [2.05, 4.69) is 15.0 Å². The van der Waals surface area contributed by atoms with Gasteiger partial charge in [-0.05, 0) is 25.1 Å². The molecule has 0 spiro atoms. The molecule has 20 heavy (non-hydrogen) atoms. The zero-order valence-electron chi connectivity index (χ0n) is 10.7. The second-order valence-corrected chi connectivity index (χ2v) is 4.86. The number of anilines is 2. The van der Waals surface area contributed by atoms with E-state index in [-0.39, 0.29) is 11.3 Å². The number of carbonyl (C=O) groups excluding carboxylic acids is 1. The number of nitriles is 1. The molecule has 0 amide bonds. The first kappa shape index (κ1) is 14.0. The minimum Gasteiger partial charge on any atom is -0.465 e. The summed E-state index contributed by atoms with van der Waals surface area (Å²) in [4.78, 5) is 16.0. The van der Waals surface area contributed by atoms with Crippen LogP contribution in [0, 0.1) is 24.1 Å². The third kappa shape index (κ3) is 2.75. The van der Waals surface area contributed by atoms with E-state index >= 15 is 0 Å². The summed E-state index contributed by atoms with van der Waals surface area (Å²) in [7, 11) is 1.29. The molecule has 0 fully saturated rings. The van der Waals surface area contributed by atoms with Crippen molar-refractivity contribution < 1.29 is 13.9 Å². The fraction of sp³-hybridized carbons (Fsp3) is 0.154. The smallest absolute Gasteiger partial charge is 0.350 e. The Morgan fingerprint density at radius 2 is 2.30 bits per heavy atom. The van der Waals surface area contributed by atoms with Crippen molar-refractivity contribution in [3.63, 3.8) is 0 Å². The predicted octanol–water partition coefficient (Wildman–Crippen LogP) is 2.99. The number of esters is 1. The summed E-state index contributed by atoms with van der Waals surface area (Å²) >= 11 is 1.08. The van der Waals surface area contributed by atoms with E-state index in [0.29, 0.717) is 15.7 Å². The molecule has 0 aliphatic carbocycles. The molecule has 0 aliphatic heterocycles. The van der Waals surface area contributed by atoms with Gasteiger partial charge in [-0.15, -0.1) is 0 Å². The first-order chi connectivity index (χ1) is 9.55. The van der Waals surface area contributed by atoms with E-state index in [0.717, 1.165) is 17.4 Å². The van der Waals surface area contributed by atoms with Crippen LogP contribution in [-0.2, 0) is 4.74 Å². The van der Waals surface area contributed by atoms with Gasteiger partial charge in [0, 0.05) is 0 Å². The number of carbonyl (C=O) groups is 1. The monoisotopic (exact) mass is 291 g/mol. The third-order valence-electron chi connectivity index (χ3n) is 2.51. The van der Waals surface area contributed by atoms with Crippen molar-refractivity contribution in [1.82, 2.24) is 4.98 Å². The minimum absolute atomic E-state index is 0.189. The number of nitrogens with one attached hydrogen (secondary N) is 1. The van der Waals surface area contributed by atoms with Gasteiger partial charge < -0.3 is 10.1 Å². The average molecular weight is 291 g/mol. The molecule has 1 aromatic heterocycles. The Kier molecular flexibility index (Phi) is 3.96. The fourth-order valence-electron chi connectivity index (χ4n) is 1.53. The number of benzene rings is 1. The van der Waals surface area contributed by atoms with Crippen molar-refractivity contribution >= 4 is 28.1 Å². The molecule has 1 heterocycles. The zero-order chi connectivity index (χ0) is 14.7. The van der Waals surface area contributed by atoms with E-state index in [1.54, 1.807) is 6.92 Å². The number of nitrogens with zero attached hydrogens (tertiary/aromatic N) is 2. The minimum atomic E-state index is -0.559. The Balaban J connectivity index is 2.27. The average Bonchev–Trinajstić information content (AvgIpc) is 2.81. The summed E-state index contributed by atoms with van der Waals surface area (Å²) in [5, 5.41) is 11.8. The first-order valence-corrected chi connectivity index (χ1v) is 6.39. The SMILES string of the molecule is COC(=O)c1sc(Nc2ccc(C#N)cc2F)nc1C. The largest absolute Gasteiger partial charge is 0.465 e. The lowest BCUT2D eigenvalue weighted by molar-refractivity contribution is 0.0605. The van der Waals surface area contributed by atoms with Crippen LogP contribution in [-0.4, -0.2) is 18.1 Å². The maximum Gasteiger partial charge on any atom is 0.350 e. The number of hydrogen-bond acceptors (Lipinski definition) is 6. The molecule has 7 heteroatoms. The molecule has 0 saturated heterocycles. The van der Waals surface area contributed by atoms with Crippen molar-refractivity contribution in [2.75, 3.05) is 12.4 Å². The van der Waals surface area contributed by atoms with Crippen molar-refractivity contribution in [1.29, 1.82) is 5.26 Å². The highest BCUT2D eigenvalue weighted by Gasteiger charge is 2.16. The molecule has 1 N–H and O–H groups in total. The Morgan fingerprint density at radius 3 is 2.90 bits per heavy atom. The molecule has 2 rings (SSSR count). The second kappa shape index (κ2) is 5.67. The summed E-state index contributed by atoms with van der Waals surface area (Å²) in [6, 6.07) is 5.92. The molecule has 0 bridgehead atoms. The lowest BCUT2D eigenvalue weighted by Gasteiger charge is -2.03. The second-order valence-electron chi connectivity index (χ2n) is 3.86. The van der Waals surface area contributed by atoms with Crippen LogP contribution < -0.4 is 5.32 Å². The maximum atomic E-state index is 13.7. The van der Waals surface area contributed by atoms with E-state index in [4.69, 9.17) is 5.26 Å². The topological polar surface area (TPSA) is 75.0 Å². The summed E-state index contributed by atoms with van der Waals surface area (Å²) in [5.41, 5.74) is 0.936. The number of aromatic nitrogens is 1. The van der Waals surface area contributed by atoms with Gasteiger partial charge >= 0.3 is 5.97 Å². The van der Waals surface area contributed by atoms with Crippen molar-refractivity contribution in [2.45, 2.75) is 6.92 Å². The highest BCUT2D eigenvalue weighted by Crippen LogP contribution is 2.27. The molecule has 0 saturated carbocycles. The lowest BCUT2D eigenvalue weighted by Crippen LogP contribution is -1.99. The fourth-order valence-corrected chi connectivity index (χ4v) is 2.43. The van der Waals surface area contributed by atoms with Crippen molar-refractivity contribution in [3.05, 3.63) is 40.2 Å². The number of rotatable bonds is 3. The van der Waals surface area contributed by atoms with Gasteiger partial charge in [-0.25, -0.2) is 14.2 Å². The molecule has 5 nitrogen and oxygen atoms in total. The van der Waals surface area contributed by atoms with E-state index in [9.17, 15) is 9.18 Å². The Labute approximate surface area is 118 Å². The molecule has 0 unspecified atom stereocenters. The van der Waals surface area contributed by atoms with Gasteiger partial charge in [-0.2, -0.15) is 5.26 Å². The first-order valence-electron chi connectivity index (χ1n) is 5.57. The maximum absolute atomic E-state index is 13.7. The number of methoxy groups -OCH3 is 1. The van der Waals surface area contributed by atoms with Gasteiger partial charge in [0.15, 0.2) is 5.13 Å². The highest BCUT2D eigenvalue weighted by atomic mass is 32.1. The molecule has 0 atom stereocenters. The quantitative estimate of drug-likeness (QED) is 0.880. The molecule has 0 radical (unpaired) electrons. The van der Waals surface area contributed by atoms with Gasteiger partial charge in [0.2, 0.25) is 0 Å². The molecule has 102 valence electrons. The van der Waals surface area contributed by atoms with Crippen LogP contribution >= 0.6 is 11.3 Å². The number of aryl methyl sites for hydroxylation is 1. The van der Waals surface area contributed by atoms with E-state index in [1.165, 1.54) is 19.2 Å². The van der Waals surface area contributed by atoms with Gasteiger partial charge in [0.25, 0.3) is 0 Å². The Hall–Kier alpha value is -2.46. The molecular formula is C13H10FN3O2S. The Morgan fingerprint density at radius 1 is 1.55 bits per heavy atom.